The quantitative estimate of drug-likeness (QED) is 0.625. The molecule has 1 amide bonds. The van der Waals surface area contributed by atoms with Crippen molar-refractivity contribution in [2.75, 3.05) is 0 Å². The molecule has 5 heteroatoms. The molecule has 122 valence electrons. The Morgan fingerprint density at radius 2 is 1.88 bits per heavy atom. The first-order chi connectivity index (χ1) is 12.1. The maximum absolute atomic E-state index is 11.2. The summed E-state index contributed by atoms with van der Waals surface area (Å²) in [4.78, 5) is 20.0. The van der Waals surface area contributed by atoms with Crippen molar-refractivity contribution in [3.63, 3.8) is 0 Å². The zero-order valence-electron chi connectivity index (χ0n) is 13.7. The maximum Gasteiger partial charge on any atom is 0.268 e. The molecule has 0 atom stereocenters. The number of nitrogens with two attached hydrogens (primary N) is 1. The fraction of sp³-hybridized carbons (Fsp3) is 0.0500. The number of carbonyl (C=O) groups is 1. The lowest BCUT2D eigenvalue weighted by Gasteiger charge is -2.09. The van der Waals surface area contributed by atoms with Crippen molar-refractivity contribution in [3.05, 3.63) is 78.5 Å². The predicted octanol–water partition coefficient (Wildman–Crippen LogP) is 3.49. The molecule has 0 aliphatic heterocycles. The number of rotatable bonds is 3. The van der Waals surface area contributed by atoms with Gasteiger partial charge in [0.1, 0.15) is 12.0 Å². The Bertz CT molecular complexity index is 1080. The smallest absolute Gasteiger partial charge is 0.268 e. The first kappa shape index (κ1) is 15.1. The summed E-state index contributed by atoms with van der Waals surface area (Å²) in [5.41, 5.74) is 10.5. The Balaban J connectivity index is 1.80. The lowest BCUT2D eigenvalue weighted by Crippen LogP contribution is -2.11. The van der Waals surface area contributed by atoms with Crippen molar-refractivity contribution in [1.29, 1.82) is 0 Å². The van der Waals surface area contributed by atoms with E-state index in [2.05, 4.69) is 23.2 Å². The van der Waals surface area contributed by atoms with Gasteiger partial charge in [-0.2, -0.15) is 0 Å². The normalized spacial score (nSPS) is 10.9. The standard InChI is InChI=1S/C20H16N4O/c1-13-17(14-5-3-2-4-6-14)9-15-7-8-16(10-18(15)23-13)24-11-19(20(21)25)22-12-24/h2-12H,1H3,(H2,21,25). The third-order valence-electron chi connectivity index (χ3n) is 4.21. The van der Waals surface area contributed by atoms with Gasteiger partial charge in [0.25, 0.3) is 5.91 Å². The molecule has 2 aromatic heterocycles. The SMILES string of the molecule is Cc1nc2cc(-n3cnc(C(N)=O)c3)ccc2cc1-c1ccccc1. The summed E-state index contributed by atoms with van der Waals surface area (Å²) in [6.45, 7) is 2.01. The fourth-order valence-corrected chi connectivity index (χ4v) is 2.91. The molecule has 0 saturated heterocycles. The molecule has 0 spiro atoms. The molecule has 0 aliphatic carbocycles. The van der Waals surface area contributed by atoms with Gasteiger partial charge in [-0.1, -0.05) is 36.4 Å². The Hall–Kier alpha value is -3.47. The fourth-order valence-electron chi connectivity index (χ4n) is 2.91. The number of carbonyl (C=O) groups excluding carboxylic acids is 1. The third-order valence-corrected chi connectivity index (χ3v) is 4.21. The zero-order valence-corrected chi connectivity index (χ0v) is 13.7. The molecule has 2 heterocycles. The van der Waals surface area contributed by atoms with E-state index in [1.165, 1.54) is 0 Å². The van der Waals surface area contributed by atoms with E-state index in [9.17, 15) is 4.79 Å². The van der Waals surface area contributed by atoms with Gasteiger partial charge >= 0.3 is 0 Å². The number of imidazole rings is 1. The van der Waals surface area contributed by atoms with Crippen LogP contribution in [0.5, 0.6) is 0 Å². The largest absolute Gasteiger partial charge is 0.364 e. The minimum Gasteiger partial charge on any atom is -0.364 e. The molecule has 0 radical (unpaired) electrons. The average molecular weight is 328 g/mol. The van der Waals surface area contributed by atoms with Crippen LogP contribution in [0.25, 0.3) is 27.7 Å². The van der Waals surface area contributed by atoms with Crippen LogP contribution in [0.2, 0.25) is 0 Å². The molecule has 0 unspecified atom stereocenters. The summed E-state index contributed by atoms with van der Waals surface area (Å²) in [6.07, 6.45) is 3.20. The Morgan fingerprint density at radius 1 is 1.08 bits per heavy atom. The molecule has 0 aliphatic rings. The summed E-state index contributed by atoms with van der Waals surface area (Å²) in [5.74, 6) is -0.541. The van der Waals surface area contributed by atoms with Crippen LogP contribution in [-0.4, -0.2) is 20.4 Å². The van der Waals surface area contributed by atoms with Crippen LogP contribution in [0, 0.1) is 6.92 Å². The summed E-state index contributed by atoms with van der Waals surface area (Å²) in [7, 11) is 0. The predicted molar refractivity (Wildman–Crippen MR) is 97.6 cm³/mol. The van der Waals surface area contributed by atoms with Gasteiger partial charge in [0, 0.05) is 28.5 Å². The minimum absolute atomic E-state index is 0.240. The number of pyridine rings is 1. The molecule has 0 saturated carbocycles. The van der Waals surface area contributed by atoms with E-state index >= 15 is 0 Å². The first-order valence-corrected chi connectivity index (χ1v) is 7.93. The number of aryl methyl sites for hydroxylation is 1. The van der Waals surface area contributed by atoms with Gasteiger partial charge in [-0.25, -0.2) is 4.98 Å². The van der Waals surface area contributed by atoms with Crippen LogP contribution in [0.15, 0.2) is 67.1 Å². The molecule has 0 bridgehead atoms. The molecule has 4 rings (SSSR count). The van der Waals surface area contributed by atoms with Crippen LogP contribution < -0.4 is 5.73 Å². The first-order valence-electron chi connectivity index (χ1n) is 7.93. The van der Waals surface area contributed by atoms with Crippen LogP contribution in [0.4, 0.5) is 0 Å². The van der Waals surface area contributed by atoms with Crippen LogP contribution in [0.3, 0.4) is 0 Å². The van der Waals surface area contributed by atoms with E-state index < -0.39 is 5.91 Å². The second-order valence-corrected chi connectivity index (χ2v) is 5.89. The second-order valence-electron chi connectivity index (χ2n) is 5.89. The number of primary amides is 1. The Kier molecular flexibility index (Phi) is 3.54. The van der Waals surface area contributed by atoms with Crippen molar-refractivity contribution in [3.8, 4) is 16.8 Å². The Morgan fingerprint density at radius 3 is 2.60 bits per heavy atom. The highest BCUT2D eigenvalue weighted by Crippen LogP contribution is 2.27. The molecule has 0 fully saturated rings. The van der Waals surface area contributed by atoms with E-state index in [0.717, 1.165) is 33.4 Å². The van der Waals surface area contributed by atoms with Crippen LogP contribution in [-0.2, 0) is 0 Å². The summed E-state index contributed by atoms with van der Waals surface area (Å²) < 4.78 is 1.77. The van der Waals surface area contributed by atoms with E-state index in [4.69, 9.17) is 10.7 Å². The number of aromatic nitrogens is 3. The van der Waals surface area contributed by atoms with Crippen molar-refractivity contribution in [2.45, 2.75) is 6.92 Å². The van der Waals surface area contributed by atoms with Crippen LogP contribution >= 0.6 is 0 Å². The molecular weight excluding hydrogens is 312 g/mol. The van der Waals surface area contributed by atoms with E-state index in [1.807, 2.05) is 43.3 Å². The van der Waals surface area contributed by atoms with Gasteiger partial charge in [-0.3, -0.25) is 9.78 Å². The van der Waals surface area contributed by atoms with Gasteiger partial charge in [0.15, 0.2) is 0 Å². The van der Waals surface area contributed by atoms with E-state index in [0.29, 0.717) is 0 Å². The molecule has 2 aromatic carbocycles. The molecule has 2 N–H and O–H groups in total. The van der Waals surface area contributed by atoms with Gasteiger partial charge < -0.3 is 10.3 Å². The molecule has 4 aromatic rings. The lowest BCUT2D eigenvalue weighted by molar-refractivity contribution is 0.0996. The number of hydrogen-bond donors (Lipinski definition) is 1. The summed E-state index contributed by atoms with van der Waals surface area (Å²) >= 11 is 0. The topological polar surface area (TPSA) is 73.8 Å². The number of nitrogens with zero attached hydrogens (tertiary/aromatic N) is 3. The van der Waals surface area contributed by atoms with E-state index in [-0.39, 0.29) is 5.69 Å². The number of amides is 1. The van der Waals surface area contributed by atoms with Gasteiger partial charge in [-0.15, -0.1) is 0 Å². The number of fused-ring (bicyclic) bond motifs is 1. The lowest BCUT2D eigenvalue weighted by atomic mass is 10.0. The van der Waals surface area contributed by atoms with Crippen molar-refractivity contribution < 1.29 is 4.79 Å². The summed E-state index contributed by atoms with van der Waals surface area (Å²) in [5, 5.41) is 1.06. The monoisotopic (exact) mass is 328 g/mol. The maximum atomic E-state index is 11.2. The van der Waals surface area contributed by atoms with Crippen molar-refractivity contribution >= 4 is 16.8 Å². The van der Waals surface area contributed by atoms with Gasteiger partial charge in [0.2, 0.25) is 0 Å². The highest BCUT2D eigenvalue weighted by molar-refractivity contribution is 5.90. The zero-order chi connectivity index (χ0) is 17.4. The van der Waals surface area contributed by atoms with Crippen molar-refractivity contribution in [2.24, 2.45) is 5.73 Å². The second kappa shape index (κ2) is 5.87. The third kappa shape index (κ3) is 2.76. The van der Waals surface area contributed by atoms with E-state index in [1.54, 1.807) is 17.1 Å². The molecular formula is C20H16N4O. The summed E-state index contributed by atoms with van der Waals surface area (Å²) in [6, 6.07) is 18.3. The van der Waals surface area contributed by atoms with Crippen LogP contribution in [0.1, 0.15) is 16.2 Å². The number of benzene rings is 2. The molecule has 25 heavy (non-hydrogen) atoms. The highest BCUT2D eigenvalue weighted by atomic mass is 16.1. The van der Waals surface area contributed by atoms with Gasteiger partial charge in [-0.05, 0) is 30.7 Å². The minimum atomic E-state index is -0.541. The van der Waals surface area contributed by atoms with Crippen molar-refractivity contribution in [1.82, 2.24) is 14.5 Å². The Labute approximate surface area is 144 Å². The van der Waals surface area contributed by atoms with Gasteiger partial charge in [0.05, 0.1) is 5.52 Å². The number of hydrogen-bond acceptors (Lipinski definition) is 3. The molecule has 5 nitrogen and oxygen atoms in total. The highest BCUT2D eigenvalue weighted by Gasteiger charge is 2.09. The average Bonchev–Trinajstić information content (AvgIpc) is 3.12.